The molecule has 5 heteroatoms. The van der Waals surface area contributed by atoms with Crippen LogP contribution >= 0.6 is 0 Å². The van der Waals surface area contributed by atoms with E-state index in [1.54, 1.807) is 0 Å². The molecule has 0 aliphatic heterocycles. The van der Waals surface area contributed by atoms with Gasteiger partial charge in [0, 0.05) is 0 Å². The molecule has 0 aromatic heterocycles. The Morgan fingerprint density at radius 1 is 1.00 bits per heavy atom. The predicted octanol–water partition coefficient (Wildman–Crippen LogP) is 3.58. The minimum atomic E-state index is -0.627. The molecule has 2 amide bonds. The summed E-state index contributed by atoms with van der Waals surface area (Å²) in [7, 11) is 0. The number of carbonyl (C=O) groups excluding carboxylic acids is 2. The van der Waals surface area contributed by atoms with Crippen LogP contribution in [0.4, 0.5) is 4.79 Å². The first-order chi connectivity index (χ1) is 11.2. The second-order valence-electron chi connectivity index (χ2n) is 7.00. The summed E-state index contributed by atoms with van der Waals surface area (Å²) in [6, 6.07) is 7.26. The van der Waals surface area contributed by atoms with Crippen molar-refractivity contribution >= 4 is 12.0 Å². The number of hydrogen-bond donors (Lipinski definition) is 2. The van der Waals surface area contributed by atoms with Gasteiger partial charge >= 0.3 is 6.09 Å². The molecule has 5 nitrogen and oxygen atoms in total. The van der Waals surface area contributed by atoms with Crippen LogP contribution in [0.15, 0.2) is 24.3 Å². The molecule has 0 aliphatic carbocycles. The first-order valence-electron chi connectivity index (χ1n) is 8.51. The number of hydrogen-bond acceptors (Lipinski definition) is 3. The Hall–Kier alpha value is -2.04. The molecule has 0 radical (unpaired) electrons. The van der Waals surface area contributed by atoms with Gasteiger partial charge in [0.25, 0.3) is 0 Å². The van der Waals surface area contributed by atoms with Crippen LogP contribution in [0.2, 0.25) is 0 Å². The zero-order chi connectivity index (χ0) is 18.3. The Morgan fingerprint density at radius 2 is 1.58 bits per heavy atom. The van der Waals surface area contributed by atoms with Crippen LogP contribution in [0.5, 0.6) is 0 Å². The first kappa shape index (κ1) is 20.0. The minimum absolute atomic E-state index is 0.0400. The van der Waals surface area contributed by atoms with Crippen LogP contribution in [0.25, 0.3) is 0 Å². The molecule has 0 saturated heterocycles. The van der Waals surface area contributed by atoms with E-state index in [0.29, 0.717) is 6.61 Å². The third-order valence-corrected chi connectivity index (χ3v) is 3.71. The van der Waals surface area contributed by atoms with Crippen LogP contribution in [0, 0.1) is 18.8 Å². The lowest BCUT2D eigenvalue weighted by molar-refractivity contribution is -0.124. The second kappa shape index (κ2) is 9.30. The van der Waals surface area contributed by atoms with Crippen molar-refractivity contribution in [2.24, 2.45) is 11.8 Å². The van der Waals surface area contributed by atoms with Crippen LogP contribution in [0.1, 0.15) is 51.8 Å². The molecule has 0 fully saturated rings. The molecule has 2 unspecified atom stereocenters. The van der Waals surface area contributed by atoms with Gasteiger partial charge in [-0.05, 0) is 31.2 Å². The minimum Gasteiger partial charge on any atom is -0.449 e. The van der Waals surface area contributed by atoms with E-state index in [1.165, 1.54) is 5.56 Å². The number of benzene rings is 1. The summed E-state index contributed by atoms with van der Waals surface area (Å²) in [6.45, 7) is 12.0. The first-order valence-corrected chi connectivity index (χ1v) is 8.51. The van der Waals surface area contributed by atoms with Gasteiger partial charge in [-0.3, -0.25) is 4.79 Å². The summed E-state index contributed by atoms with van der Waals surface area (Å²) in [5.74, 6) is 0.00465. The summed E-state index contributed by atoms with van der Waals surface area (Å²) in [5.41, 5.74) is 2.20. The predicted molar refractivity (Wildman–Crippen MR) is 95.7 cm³/mol. The summed E-state index contributed by atoms with van der Waals surface area (Å²) in [4.78, 5) is 24.4. The van der Waals surface area contributed by atoms with E-state index in [2.05, 4.69) is 10.6 Å². The van der Waals surface area contributed by atoms with Gasteiger partial charge < -0.3 is 15.4 Å². The van der Waals surface area contributed by atoms with Crippen molar-refractivity contribution in [1.82, 2.24) is 10.6 Å². The highest BCUT2D eigenvalue weighted by Gasteiger charge is 2.26. The monoisotopic (exact) mass is 334 g/mol. The molecule has 0 bridgehead atoms. The molecule has 0 spiro atoms. The van der Waals surface area contributed by atoms with Crippen molar-refractivity contribution in [3.8, 4) is 0 Å². The smallest absolute Gasteiger partial charge is 0.407 e. The fourth-order valence-corrected chi connectivity index (χ4v) is 2.19. The Balaban J connectivity index is 2.65. The van der Waals surface area contributed by atoms with Crippen molar-refractivity contribution in [3.63, 3.8) is 0 Å². The molecule has 1 aromatic rings. The average Bonchev–Trinajstić information content (AvgIpc) is 2.50. The molecular weight excluding hydrogens is 304 g/mol. The lowest BCUT2D eigenvalue weighted by atomic mass is 10.0. The lowest BCUT2D eigenvalue weighted by Gasteiger charge is -2.24. The van der Waals surface area contributed by atoms with Crippen molar-refractivity contribution in [1.29, 1.82) is 0 Å². The van der Waals surface area contributed by atoms with Crippen LogP contribution in [0.3, 0.4) is 0 Å². The van der Waals surface area contributed by atoms with Gasteiger partial charge in [0.1, 0.15) is 6.04 Å². The Kier molecular flexibility index (Phi) is 7.75. The Morgan fingerprint density at radius 3 is 2.08 bits per heavy atom. The Bertz CT molecular complexity index is 538. The maximum atomic E-state index is 12.5. The van der Waals surface area contributed by atoms with Gasteiger partial charge in [-0.2, -0.15) is 0 Å². The van der Waals surface area contributed by atoms with E-state index in [9.17, 15) is 9.59 Å². The van der Waals surface area contributed by atoms with Crippen molar-refractivity contribution < 1.29 is 14.3 Å². The molecule has 2 N–H and O–H groups in total. The quantitative estimate of drug-likeness (QED) is 0.801. The number of carbonyl (C=O) groups is 2. The third-order valence-electron chi connectivity index (χ3n) is 3.71. The second-order valence-corrected chi connectivity index (χ2v) is 7.00. The average molecular weight is 334 g/mol. The number of alkyl carbamates (subject to hydrolysis) is 1. The van der Waals surface area contributed by atoms with Gasteiger partial charge in [0.15, 0.2) is 0 Å². The van der Waals surface area contributed by atoms with E-state index < -0.39 is 12.1 Å². The van der Waals surface area contributed by atoms with Crippen LogP contribution < -0.4 is 10.6 Å². The van der Waals surface area contributed by atoms with Gasteiger partial charge in [-0.25, -0.2) is 4.79 Å². The van der Waals surface area contributed by atoms with E-state index in [1.807, 2.05) is 65.8 Å². The third kappa shape index (κ3) is 6.60. The molecule has 134 valence electrons. The summed E-state index contributed by atoms with van der Waals surface area (Å²) in [5, 5.41) is 5.62. The normalized spacial score (nSPS) is 13.5. The van der Waals surface area contributed by atoms with Crippen molar-refractivity contribution in [2.75, 3.05) is 6.61 Å². The highest BCUT2D eigenvalue weighted by Crippen LogP contribution is 2.14. The number of ether oxygens (including phenoxy) is 1. The number of nitrogens with one attached hydrogen (secondary N) is 2. The van der Waals surface area contributed by atoms with Crippen LogP contribution in [-0.4, -0.2) is 24.6 Å². The van der Waals surface area contributed by atoms with E-state index in [-0.39, 0.29) is 23.8 Å². The highest BCUT2D eigenvalue weighted by molar-refractivity contribution is 5.86. The van der Waals surface area contributed by atoms with E-state index in [4.69, 9.17) is 4.74 Å². The zero-order valence-electron chi connectivity index (χ0n) is 15.6. The van der Waals surface area contributed by atoms with Crippen molar-refractivity contribution in [2.45, 2.75) is 53.6 Å². The molecule has 24 heavy (non-hydrogen) atoms. The highest BCUT2D eigenvalue weighted by atomic mass is 16.5. The Labute approximate surface area is 145 Å². The molecule has 1 rings (SSSR count). The summed E-state index contributed by atoms with van der Waals surface area (Å²) in [6.07, 6.45) is -0.555. The van der Waals surface area contributed by atoms with E-state index >= 15 is 0 Å². The zero-order valence-corrected chi connectivity index (χ0v) is 15.6. The fourth-order valence-electron chi connectivity index (χ4n) is 2.19. The number of aryl methyl sites for hydroxylation is 1. The maximum Gasteiger partial charge on any atom is 0.407 e. The molecule has 0 heterocycles. The molecule has 0 saturated carbocycles. The summed E-state index contributed by atoms with van der Waals surface area (Å²) >= 11 is 0. The van der Waals surface area contributed by atoms with Gasteiger partial charge in [0.05, 0.1) is 12.6 Å². The fraction of sp³-hybridized carbons (Fsp3) is 0.579. The molecule has 0 aliphatic rings. The SMILES string of the molecule is Cc1ccc(C(C)NC(=O)C(NC(=O)OCC(C)C)C(C)C)cc1. The molecule has 1 aromatic carbocycles. The topological polar surface area (TPSA) is 67.4 Å². The van der Waals surface area contributed by atoms with Crippen molar-refractivity contribution in [3.05, 3.63) is 35.4 Å². The number of amides is 2. The van der Waals surface area contributed by atoms with E-state index in [0.717, 1.165) is 5.56 Å². The lowest BCUT2D eigenvalue weighted by Crippen LogP contribution is -2.50. The molecule has 2 atom stereocenters. The van der Waals surface area contributed by atoms with Crippen LogP contribution in [-0.2, 0) is 9.53 Å². The van der Waals surface area contributed by atoms with Gasteiger partial charge in [-0.1, -0.05) is 57.5 Å². The largest absolute Gasteiger partial charge is 0.449 e. The van der Waals surface area contributed by atoms with Gasteiger partial charge in [-0.15, -0.1) is 0 Å². The summed E-state index contributed by atoms with van der Waals surface area (Å²) < 4.78 is 5.11. The number of rotatable bonds is 7. The van der Waals surface area contributed by atoms with Gasteiger partial charge in [0.2, 0.25) is 5.91 Å². The molecular formula is C19H30N2O3. The maximum absolute atomic E-state index is 12.5. The standard InChI is InChI=1S/C19H30N2O3/c1-12(2)11-24-19(23)21-17(13(3)4)18(22)20-15(6)16-9-7-14(5)8-10-16/h7-10,12-13,15,17H,11H2,1-6H3,(H,20,22)(H,21,23).